The van der Waals surface area contributed by atoms with Crippen LogP contribution in [-0.4, -0.2) is 9.32 Å². The molecule has 0 fully saturated rings. The summed E-state index contributed by atoms with van der Waals surface area (Å²) in [6.07, 6.45) is -2.98. The SMILES string of the molecule is Cc1ccc(S(=O)c2ccccc2[C@H](F)[C@@H](O)c2ccccc2C)cc1. The van der Waals surface area contributed by atoms with Gasteiger partial charge in [-0.1, -0.05) is 60.2 Å². The standard InChI is InChI=1S/C22H21FO2S/c1-15-11-13-17(14-12-15)26(25)20-10-6-5-9-19(20)21(23)22(24)18-8-4-3-7-16(18)2/h3-14,21-22,24H,1-2H3/t21-,22-,26?/m0/s1. The van der Waals surface area contributed by atoms with E-state index in [9.17, 15) is 9.32 Å². The molecule has 0 aliphatic heterocycles. The van der Waals surface area contributed by atoms with Crippen LogP contribution in [0.2, 0.25) is 0 Å². The molecule has 0 heterocycles. The molecule has 0 bridgehead atoms. The molecule has 0 aliphatic carbocycles. The second kappa shape index (κ2) is 7.94. The zero-order chi connectivity index (χ0) is 18.7. The Morgan fingerprint density at radius 3 is 2.08 bits per heavy atom. The van der Waals surface area contributed by atoms with Crippen molar-refractivity contribution in [3.8, 4) is 0 Å². The van der Waals surface area contributed by atoms with Gasteiger partial charge in [0.2, 0.25) is 0 Å². The Morgan fingerprint density at radius 1 is 0.846 bits per heavy atom. The number of aryl methyl sites for hydroxylation is 2. The van der Waals surface area contributed by atoms with Gasteiger partial charge in [0.05, 0.1) is 10.8 Å². The van der Waals surface area contributed by atoms with E-state index in [1.165, 1.54) is 0 Å². The van der Waals surface area contributed by atoms with E-state index >= 15 is 4.39 Å². The molecule has 4 heteroatoms. The van der Waals surface area contributed by atoms with Crippen molar-refractivity contribution < 1.29 is 13.7 Å². The van der Waals surface area contributed by atoms with Crippen LogP contribution in [0.1, 0.15) is 34.5 Å². The largest absolute Gasteiger partial charge is 0.385 e. The van der Waals surface area contributed by atoms with Crippen LogP contribution in [0.5, 0.6) is 0 Å². The Balaban J connectivity index is 1.97. The zero-order valence-corrected chi connectivity index (χ0v) is 15.5. The quantitative estimate of drug-likeness (QED) is 0.671. The molecule has 3 aromatic carbocycles. The van der Waals surface area contributed by atoms with Gasteiger partial charge in [0.15, 0.2) is 6.17 Å². The molecule has 26 heavy (non-hydrogen) atoms. The van der Waals surface area contributed by atoms with Crippen molar-refractivity contribution in [3.63, 3.8) is 0 Å². The summed E-state index contributed by atoms with van der Waals surface area (Å²) in [7, 11) is -1.52. The van der Waals surface area contributed by atoms with Crippen LogP contribution in [-0.2, 0) is 10.8 Å². The average Bonchev–Trinajstić information content (AvgIpc) is 2.67. The van der Waals surface area contributed by atoms with Crippen LogP contribution in [0.3, 0.4) is 0 Å². The zero-order valence-electron chi connectivity index (χ0n) is 14.7. The second-order valence-electron chi connectivity index (χ2n) is 6.32. The van der Waals surface area contributed by atoms with E-state index in [-0.39, 0.29) is 5.56 Å². The highest BCUT2D eigenvalue weighted by atomic mass is 32.2. The summed E-state index contributed by atoms with van der Waals surface area (Å²) in [5, 5.41) is 10.6. The number of benzene rings is 3. The predicted molar refractivity (Wildman–Crippen MR) is 102 cm³/mol. The van der Waals surface area contributed by atoms with Crippen LogP contribution in [0, 0.1) is 13.8 Å². The smallest absolute Gasteiger partial charge is 0.156 e. The average molecular weight is 368 g/mol. The summed E-state index contributed by atoms with van der Waals surface area (Å²) in [6.45, 7) is 3.79. The minimum atomic E-state index is -1.67. The number of rotatable bonds is 5. The second-order valence-corrected chi connectivity index (χ2v) is 7.77. The van der Waals surface area contributed by atoms with Gasteiger partial charge in [0.25, 0.3) is 0 Å². The van der Waals surface area contributed by atoms with E-state index in [2.05, 4.69) is 0 Å². The van der Waals surface area contributed by atoms with E-state index in [0.29, 0.717) is 15.4 Å². The van der Waals surface area contributed by atoms with Gasteiger partial charge in [0.1, 0.15) is 6.10 Å². The van der Waals surface area contributed by atoms with Gasteiger partial charge < -0.3 is 5.11 Å². The number of aliphatic hydroxyl groups excluding tert-OH is 1. The van der Waals surface area contributed by atoms with Gasteiger partial charge in [-0.25, -0.2) is 8.60 Å². The molecule has 0 spiro atoms. The summed E-state index contributed by atoms with van der Waals surface area (Å²) in [4.78, 5) is 0.997. The van der Waals surface area contributed by atoms with Crippen molar-refractivity contribution >= 4 is 10.8 Å². The summed E-state index contributed by atoms with van der Waals surface area (Å²) in [5.74, 6) is 0. The third-order valence-electron chi connectivity index (χ3n) is 4.44. The van der Waals surface area contributed by atoms with E-state index in [4.69, 9.17) is 0 Å². The van der Waals surface area contributed by atoms with Crippen LogP contribution in [0.4, 0.5) is 4.39 Å². The fourth-order valence-electron chi connectivity index (χ4n) is 2.91. The van der Waals surface area contributed by atoms with Gasteiger partial charge >= 0.3 is 0 Å². The molecule has 2 nitrogen and oxygen atoms in total. The summed E-state index contributed by atoms with van der Waals surface area (Å²) >= 11 is 0. The van der Waals surface area contributed by atoms with Crippen molar-refractivity contribution in [3.05, 3.63) is 95.1 Å². The van der Waals surface area contributed by atoms with Gasteiger partial charge in [-0.05, 0) is 43.2 Å². The first-order valence-corrected chi connectivity index (χ1v) is 9.59. The van der Waals surface area contributed by atoms with Crippen LogP contribution >= 0.6 is 0 Å². The third-order valence-corrected chi connectivity index (χ3v) is 5.91. The first-order chi connectivity index (χ1) is 12.5. The number of aliphatic hydroxyl groups is 1. The van der Waals surface area contributed by atoms with Gasteiger partial charge in [-0.3, -0.25) is 0 Å². The van der Waals surface area contributed by atoms with Crippen LogP contribution < -0.4 is 0 Å². The molecule has 1 unspecified atom stereocenters. The summed E-state index contributed by atoms with van der Waals surface area (Å²) < 4.78 is 28.2. The normalized spacial score (nSPS) is 14.6. The molecule has 3 rings (SSSR count). The lowest BCUT2D eigenvalue weighted by molar-refractivity contribution is 0.0754. The Bertz CT molecular complexity index is 921. The molecular formula is C22H21FO2S. The maximum atomic E-state index is 15.2. The molecule has 3 atom stereocenters. The maximum Gasteiger partial charge on any atom is 0.156 e. The molecule has 0 aliphatic rings. The van der Waals surface area contributed by atoms with Gasteiger partial charge in [0, 0.05) is 15.4 Å². The minimum absolute atomic E-state index is 0.252. The Labute approximate surface area is 155 Å². The number of hydrogen-bond acceptors (Lipinski definition) is 2. The summed E-state index contributed by atoms with van der Waals surface area (Å²) in [6, 6.07) is 21.2. The van der Waals surface area contributed by atoms with Crippen LogP contribution in [0.15, 0.2) is 82.6 Å². The Hall–Kier alpha value is -2.30. The maximum absolute atomic E-state index is 15.2. The molecular weight excluding hydrogens is 347 g/mol. The highest BCUT2D eigenvalue weighted by Crippen LogP contribution is 2.37. The monoisotopic (exact) mass is 368 g/mol. The Morgan fingerprint density at radius 2 is 1.42 bits per heavy atom. The predicted octanol–water partition coefficient (Wildman–Crippen LogP) is 5.21. The number of halogens is 1. The molecule has 0 aromatic heterocycles. The fraction of sp³-hybridized carbons (Fsp3) is 0.182. The molecule has 134 valence electrons. The van der Waals surface area contributed by atoms with Crippen molar-refractivity contribution in [1.82, 2.24) is 0 Å². The van der Waals surface area contributed by atoms with E-state index in [1.807, 2.05) is 38.1 Å². The molecule has 0 saturated heterocycles. The highest BCUT2D eigenvalue weighted by Gasteiger charge is 2.27. The highest BCUT2D eigenvalue weighted by molar-refractivity contribution is 7.85. The minimum Gasteiger partial charge on any atom is -0.385 e. The van der Waals surface area contributed by atoms with Crippen molar-refractivity contribution in [2.24, 2.45) is 0 Å². The van der Waals surface area contributed by atoms with Crippen molar-refractivity contribution in [2.75, 3.05) is 0 Å². The lowest BCUT2D eigenvalue weighted by atomic mass is 9.96. The number of hydrogen-bond donors (Lipinski definition) is 1. The van der Waals surface area contributed by atoms with Crippen molar-refractivity contribution in [2.45, 2.75) is 35.9 Å². The fourth-order valence-corrected chi connectivity index (χ4v) is 4.15. The number of alkyl halides is 1. The first-order valence-electron chi connectivity index (χ1n) is 8.44. The van der Waals surface area contributed by atoms with Gasteiger partial charge in [-0.15, -0.1) is 0 Å². The van der Waals surface area contributed by atoms with E-state index < -0.39 is 23.1 Å². The molecule has 3 aromatic rings. The molecule has 0 amide bonds. The molecule has 1 N–H and O–H groups in total. The first kappa shape index (κ1) is 18.5. The molecule has 0 saturated carbocycles. The Kier molecular flexibility index (Phi) is 5.64. The molecule has 0 radical (unpaired) electrons. The lowest BCUT2D eigenvalue weighted by Gasteiger charge is -2.20. The van der Waals surface area contributed by atoms with Crippen LogP contribution in [0.25, 0.3) is 0 Å². The summed E-state index contributed by atoms with van der Waals surface area (Å²) in [5.41, 5.74) is 2.68. The van der Waals surface area contributed by atoms with Crippen molar-refractivity contribution in [1.29, 1.82) is 0 Å². The van der Waals surface area contributed by atoms with E-state index in [0.717, 1.165) is 11.1 Å². The van der Waals surface area contributed by atoms with E-state index in [1.54, 1.807) is 48.5 Å². The topological polar surface area (TPSA) is 37.3 Å². The van der Waals surface area contributed by atoms with Gasteiger partial charge in [-0.2, -0.15) is 0 Å². The lowest BCUT2D eigenvalue weighted by Crippen LogP contribution is -2.11. The third kappa shape index (κ3) is 3.76.